The molecule has 0 aromatic heterocycles. The fraction of sp³-hybridized carbons (Fsp3) is 0. The van der Waals surface area contributed by atoms with Crippen molar-refractivity contribution in [2.24, 2.45) is 0 Å². The van der Waals surface area contributed by atoms with Crippen LogP contribution in [0.15, 0.2) is 0 Å². The Balaban J connectivity index is 0. The maximum atomic E-state index is 0. The SMILES string of the molecule is [Ca+2].[Cl-].[Cl-].[H-].[H-].[K+].[Na+]. The maximum absolute atomic E-state index is 0. The van der Waals surface area contributed by atoms with Crippen LogP contribution in [-0.2, 0) is 0 Å². The van der Waals surface area contributed by atoms with E-state index in [9.17, 15) is 0 Å². The quantitative estimate of drug-likeness (QED) is 0.321. The van der Waals surface area contributed by atoms with Crippen LogP contribution < -0.4 is 106 Å². The zero-order chi connectivity index (χ0) is 0. The van der Waals surface area contributed by atoms with Crippen LogP contribution in [0.2, 0.25) is 0 Å². The van der Waals surface area contributed by atoms with E-state index in [1.54, 1.807) is 0 Å². The molecular weight excluding hydrogens is 173 g/mol. The molecule has 0 bridgehead atoms. The number of hydrogen-bond donors (Lipinski definition) is 0. The molecule has 0 aromatic rings. The minimum atomic E-state index is 0. The van der Waals surface area contributed by atoms with Crippen molar-refractivity contribution in [1.29, 1.82) is 0 Å². The summed E-state index contributed by atoms with van der Waals surface area (Å²) in [6.07, 6.45) is 0. The van der Waals surface area contributed by atoms with Crippen LogP contribution in [0.4, 0.5) is 0 Å². The van der Waals surface area contributed by atoms with Crippen LogP contribution >= 0.6 is 0 Å². The van der Waals surface area contributed by atoms with Gasteiger partial charge in [-0.3, -0.25) is 0 Å². The monoisotopic (exact) mass is 174 g/mol. The second-order valence-corrected chi connectivity index (χ2v) is 0. The third-order valence-corrected chi connectivity index (χ3v) is 0. The molecule has 0 nitrogen and oxygen atoms in total. The van der Waals surface area contributed by atoms with E-state index in [0.717, 1.165) is 0 Å². The van der Waals surface area contributed by atoms with Crippen molar-refractivity contribution in [3.05, 3.63) is 0 Å². The molecule has 0 fully saturated rings. The first-order chi connectivity index (χ1) is 0. The molecule has 0 N–H and O–H groups in total. The fourth-order valence-electron chi connectivity index (χ4n) is 0. The second-order valence-electron chi connectivity index (χ2n) is 0. The first kappa shape index (κ1) is 34.0. The molecule has 0 unspecified atom stereocenters. The Bertz CT molecular complexity index is 15.7. The van der Waals surface area contributed by atoms with E-state index in [-0.39, 0.29) is 146 Å². The third kappa shape index (κ3) is 17.7. The Labute approximate surface area is 142 Å². The second kappa shape index (κ2) is 23.6. The van der Waals surface area contributed by atoms with Crippen LogP contribution in [0.5, 0.6) is 0 Å². The van der Waals surface area contributed by atoms with Gasteiger partial charge in [0, 0.05) is 0 Å². The van der Waals surface area contributed by atoms with Crippen molar-refractivity contribution >= 4 is 37.7 Å². The van der Waals surface area contributed by atoms with Crippen molar-refractivity contribution in [3.63, 3.8) is 0 Å². The van der Waals surface area contributed by atoms with Crippen molar-refractivity contribution in [2.45, 2.75) is 0 Å². The number of hydrogen-bond acceptors (Lipinski definition) is 0. The largest absolute Gasteiger partial charge is 2.00 e. The summed E-state index contributed by atoms with van der Waals surface area (Å²) >= 11 is 0. The predicted molar refractivity (Wildman–Crippen MR) is 7.98 cm³/mol. The Morgan fingerprint density at radius 3 is 1.00 bits per heavy atom. The summed E-state index contributed by atoms with van der Waals surface area (Å²) in [4.78, 5) is 0. The number of halogens is 2. The van der Waals surface area contributed by atoms with E-state index in [0.29, 0.717) is 0 Å². The molecule has 20 valence electrons. The molecule has 5 heavy (non-hydrogen) atoms. The molecule has 0 atom stereocenters. The number of rotatable bonds is 0. The average molecular weight is 175 g/mol. The average Bonchev–Trinajstić information content (AvgIpc) is 0. The van der Waals surface area contributed by atoms with E-state index in [1.807, 2.05) is 0 Å². The van der Waals surface area contributed by atoms with Crippen LogP contribution in [0.25, 0.3) is 0 Å². The maximum Gasteiger partial charge on any atom is 2.00 e. The first-order valence-corrected chi connectivity index (χ1v) is 0. The van der Waals surface area contributed by atoms with Gasteiger partial charge in [-0.2, -0.15) is 0 Å². The molecule has 0 aliphatic heterocycles. The molecule has 0 heterocycles. The minimum Gasteiger partial charge on any atom is -1.00 e. The van der Waals surface area contributed by atoms with E-state index in [1.165, 1.54) is 0 Å². The van der Waals surface area contributed by atoms with E-state index in [4.69, 9.17) is 0 Å². The molecule has 0 saturated carbocycles. The van der Waals surface area contributed by atoms with Crippen LogP contribution in [0.1, 0.15) is 2.85 Å². The summed E-state index contributed by atoms with van der Waals surface area (Å²) < 4.78 is 0. The third-order valence-electron chi connectivity index (χ3n) is 0. The van der Waals surface area contributed by atoms with Crippen molar-refractivity contribution in [3.8, 4) is 0 Å². The summed E-state index contributed by atoms with van der Waals surface area (Å²) in [5, 5.41) is 0. The van der Waals surface area contributed by atoms with E-state index in [2.05, 4.69) is 0 Å². The zero-order valence-corrected chi connectivity index (χ0v) is 12.3. The van der Waals surface area contributed by atoms with Crippen molar-refractivity contribution in [1.82, 2.24) is 0 Å². The van der Waals surface area contributed by atoms with E-state index < -0.39 is 0 Å². The molecule has 0 spiro atoms. The Hall–Kier alpha value is 4.48. The Kier molecular flexibility index (Phi) is 161. The van der Waals surface area contributed by atoms with Gasteiger partial charge in [-0.05, 0) is 0 Å². The summed E-state index contributed by atoms with van der Waals surface area (Å²) in [7, 11) is 0. The molecule has 0 aliphatic carbocycles. The van der Waals surface area contributed by atoms with Gasteiger partial charge in [0.1, 0.15) is 0 Å². The topological polar surface area (TPSA) is 0 Å². The van der Waals surface area contributed by atoms with Crippen LogP contribution in [0, 0.1) is 0 Å². The molecule has 0 radical (unpaired) electrons. The van der Waals surface area contributed by atoms with Gasteiger partial charge in [0.25, 0.3) is 0 Å². The van der Waals surface area contributed by atoms with Gasteiger partial charge in [-0.15, -0.1) is 0 Å². The smallest absolute Gasteiger partial charge is 1.00 e. The Morgan fingerprint density at radius 2 is 1.00 bits per heavy atom. The predicted octanol–water partition coefficient (Wildman–Crippen LogP) is -12.1. The molecule has 0 amide bonds. The first-order valence-electron chi connectivity index (χ1n) is 0. The Morgan fingerprint density at radius 1 is 1.00 bits per heavy atom. The summed E-state index contributed by atoms with van der Waals surface area (Å²) in [6, 6.07) is 0. The molecule has 0 saturated heterocycles. The van der Waals surface area contributed by atoms with Gasteiger partial charge < -0.3 is 27.7 Å². The fourth-order valence-corrected chi connectivity index (χ4v) is 0. The van der Waals surface area contributed by atoms with Gasteiger partial charge in [-0.25, -0.2) is 0 Å². The van der Waals surface area contributed by atoms with Gasteiger partial charge in [0.05, 0.1) is 0 Å². The van der Waals surface area contributed by atoms with Gasteiger partial charge in [0.2, 0.25) is 0 Å². The van der Waals surface area contributed by atoms with Crippen molar-refractivity contribution in [2.75, 3.05) is 0 Å². The van der Waals surface area contributed by atoms with E-state index >= 15 is 0 Å². The zero-order valence-electron chi connectivity index (χ0n) is 5.46. The molecular formula is H2CaCl2KNa. The van der Waals surface area contributed by atoms with Gasteiger partial charge >= 0.3 is 119 Å². The molecule has 5 heteroatoms. The minimum absolute atomic E-state index is 0. The summed E-state index contributed by atoms with van der Waals surface area (Å²) in [6.45, 7) is 0. The molecule has 0 aliphatic rings. The van der Waals surface area contributed by atoms with Gasteiger partial charge in [-0.1, -0.05) is 0 Å². The summed E-state index contributed by atoms with van der Waals surface area (Å²) in [5.41, 5.74) is 0. The van der Waals surface area contributed by atoms with Crippen molar-refractivity contribution < 1.29 is 109 Å². The van der Waals surface area contributed by atoms with Crippen LogP contribution in [-0.4, -0.2) is 37.7 Å². The molecule has 0 rings (SSSR count). The van der Waals surface area contributed by atoms with Crippen LogP contribution in [0.3, 0.4) is 0 Å². The van der Waals surface area contributed by atoms with Gasteiger partial charge in [0.15, 0.2) is 0 Å². The standard InChI is InChI=1S/Ca.2ClH.K.Na.2H/h;2*1H;;;;/q+2;;;2*+1;2*-1/p-2. The summed E-state index contributed by atoms with van der Waals surface area (Å²) in [5.74, 6) is 0. The molecule has 0 aromatic carbocycles. The normalized spacial score (nSPS) is 0.